The lowest BCUT2D eigenvalue weighted by atomic mass is 10.0. The van der Waals surface area contributed by atoms with Gasteiger partial charge in [0.2, 0.25) is 0 Å². The Bertz CT molecular complexity index is 899. The third kappa shape index (κ3) is 4.46. The molecule has 0 radical (unpaired) electrons. The summed E-state index contributed by atoms with van der Waals surface area (Å²) in [5.74, 6) is 3.05. The van der Waals surface area contributed by atoms with Gasteiger partial charge in [0.15, 0.2) is 18.0 Å². The van der Waals surface area contributed by atoms with Gasteiger partial charge in [0.05, 0.1) is 25.5 Å². The number of hydrogen-bond donors (Lipinski definition) is 1. The summed E-state index contributed by atoms with van der Waals surface area (Å²) in [7, 11) is 0. The Kier molecular flexibility index (Phi) is 5.93. The van der Waals surface area contributed by atoms with Crippen LogP contribution >= 0.6 is 0 Å². The largest absolute Gasteiger partial charge is 0.490 e. The highest BCUT2D eigenvalue weighted by molar-refractivity contribution is 5.78. The van der Waals surface area contributed by atoms with Crippen molar-refractivity contribution in [1.82, 2.24) is 4.90 Å². The van der Waals surface area contributed by atoms with Crippen LogP contribution in [-0.2, 0) is 4.79 Å². The number of nitrogens with zero attached hydrogens (tertiary/aromatic N) is 2. The van der Waals surface area contributed by atoms with E-state index in [9.17, 15) is 4.79 Å². The topological polar surface area (TPSA) is 60.6 Å². The number of amides is 1. The van der Waals surface area contributed by atoms with Gasteiger partial charge in [-0.05, 0) is 36.6 Å². The molecule has 0 saturated carbocycles. The van der Waals surface area contributed by atoms with Gasteiger partial charge in [-0.25, -0.2) is 4.98 Å². The molecule has 0 bridgehead atoms. The molecule has 2 fully saturated rings. The van der Waals surface area contributed by atoms with Crippen LogP contribution in [0.4, 0.5) is 5.82 Å². The predicted octanol–water partition coefficient (Wildman–Crippen LogP) is 0.731. The van der Waals surface area contributed by atoms with Crippen LogP contribution in [0.3, 0.4) is 0 Å². The number of aromatic nitrogens is 1. The molecule has 2 N–H and O–H groups in total. The zero-order valence-corrected chi connectivity index (χ0v) is 18.0. The minimum atomic E-state index is 0.143. The lowest BCUT2D eigenvalue weighted by Crippen LogP contribution is -3.16. The zero-order chi connectivity index (χ0) is 21.0. The van der Waals surface area contributed by atoms with E-state index in [0.29, 0.717) is 19.8 Å². The smallest absolute Gasteiger partial charge is 0.278 e. The summed E-state index contributed by atoms with van der Waals surface area (Å²) in [6, 6.07) is 12.5. The van der Waals surface area contributed by atoms with E-state index in [4.69, 9.17) is 9.47 Å². The molecular formula is C24H32N4O3+2. The number of nitrogens with one attached hydrogen (secondary N) is 2. The van der Waals surface area contributed by atoms with Gasteiger partial charge in [-0.2, -0.15) is 0 Å². The molecular weight excluding hydrogens is 392 g/mol. The summed E-state index contributed by atoms with van der Waals surface area (Å²) >= 11 is 0. The van der Waals surface area contributed by atoms with Crippen LogP contribution in [-0.4, -0.2) is 63.3 Å². The number of likely N-dealkylation sites (tertiary alicyclic amines) is 1. The standard InChI is InChI=1S/C24H30N4O3/c29-24(18-26-11-13-27(14-12-26)23-6-1-2-9-25-23)28-10-3-5-20(28)19-7-8-21-22(17-19)31-16-4-15-30-21/h1-2,6-9,17,20H,3-5,10-16,18H2/p+2/t20-/m1/s1. The molecule has 0 unspecified atom stereocenters. The second-order valence-corrected chi connectivity index (χ2v) is 8.66. The molecule has 1 atom stereocenters. The first-order valence-electron chi connectivity index (χ1n) is 11.5. The van der Waals surface area contributed by atoms with E-state index >= 15 is 0 Å². The summed E-state index contributed by atoms with van der Waals surface area (Å²) in [4.78, 5) is 22.4. The van der Waals surface area contributed by atoms with Crippen LogP contribution in [0.5, 0.6) is 11.5 Å². The normalized spacial score (nSPS) is 21.7. The lowest BCUT2D eigenvalue weighted by Gasteiger charge is -2.31. The SMILES string of the molecule is O=C(C[NH+]1CCN(c2cccc[nH+]2)CC1)N1CCC[C@@H]1c1ccc2c(c1)OCCCO2. The van der Waals surface area contributed by atoms with E-state index in [-0.39, 0.29) is 11.9 Å². The number of hydrogen-bond acceptors (Lipinski definition) is 4. The van der Waals surface area contributed by atoms with Gasteiger partial charge in [-0.1, -0.05) is 12.1 Å². The van der Waals surface area contributed by atoms with Crippen LogP contribution in [0.25, 0.3) is 0 Å². The molecule has 0 spiro atoms. The molecule has 7 heteroatoms. The van der Waals surface area contributed by atoms with Crippen LogP contribution in [0.2, 0.25) is 0 Å². The van der Waals surface area contributed by atoms with Crippen LogP contribution in [0, 0.1) is 0 Å². The van der Waals surface area contributed by atoms with Crippen LogP contribution in [0.15, 0.2) is 42.6 Å². The molecule has 3 aliphatic rings. The lowest BCUT2D eigenvalue weighted by molar-refractivity contribution is -0.892. The maximum Gasteiger partial charge on any atom is 0.278 e. The Morgan fingerprint density at radius 1 is 1.03 bits per heavy atom. The van der Waals surface area contributed by atoms with Crippen molar-refractivity contribution in [3.05, 3.63) is 48.2 Å². The monoisotopic (exact) mass is 424 g/mol. The second kappa shape index (κ2) is 9.14. The number of carbonyl (C=O) groups is 1. The average Bonchev–Trinajstić information content (AvgIpc) is 3.19. The summed E-state index contributed by atoms with van der Waals surface area (Å²) in [6.45, 7) is 6.69. The Balaban J connectivity index is 1.20. The van der Waals surface area contributed by atoms with E-state index in [1.54, 1.807) is 0 Å². The Hall–Kier alpha value is -2.80. The minimum absolute atomic E-state index is 0.143. The highest BCUT2D eigenvalue weighted by atomic mass is 16.5. The number of piperazine rings is 1. The van der Waals surface area contributed by atoms with E-state index < -0.39 is 0 Å². The maximum absolute atomic E-state index is 13.2. The van der Waals surface area contributed by atoms with Crippen molar-refractivity contribution in [2.45, 2.75) is 25.3 Å². The van der Waals surface area contributed by atoms with Crippen LogP contribution in [0.1, 0.15) is 30.9 Å². The molecule has 2 aromatic rings. The average molecular weight is 425 g/mol. The third-order valence-corrected chi connectivity index (χ3v) is 6.63. The van der Waals surface area contributed by atoms with E-state index in [2.05, 4.69) is 39.0 Å². The summed E-state index contributed by atoms with van der Waals surface area (Å²) in [5.41, 5.74) is 1.16. The first-order valence-corrected chi connectivity index (χ1v) is 11.5. The number of anilines is 1. The number of ether oxygens (including phenoxy) is 2. The molecule has 164 valence electrons. The molecule has 4 heterocycles. The molecule has 1 aromatic carbocycles. The molecule has 7 nitrogen and oxygen atoms in total. The van der Waals surface area contributed by atoms with Crippen molar-refractivity contribution in [1.29, 1.82) is 0 Å². The Morgan fingerprint density at radius 2 is 1.87 bits per heavy atom. The van der Waals surface area contributed by atoms with Crippen molar-refractivity contribution in [2.24, 2.45) is 0 Å². The Labute approximate surface area is 183 Å². The van der Waals surface area contributed by atoms with E-state index in [0.717, 1.165) is 74.9 Å². The van der Waals surface area contributed by atoms with Gasteiger partial charge in [0.1, 0.15) is 26.2 Å². The number of aromatic amines is 1. The fraction of sp³-hybridized carbons (Fsp3) is 0.500. The molecule has 1 amide bonds. The summed E-state index contributed by atoms with van der Waals surface area (Å²) < 4.78 is 11.6. The zero-order valence-electron chi connectivity index (χ0n) is 18.0. The third-order valence-electron chi connectivity index (χ3n) is 6.63. The molecule has 2 saturated heterocycles. The number of quaternary nitrogens is 1. The molecule has 31 heavy (non-hydrogen) atoms. The van der Waals surface area contributed by atoms with Crippen molar-refractivity contribution in [3.63, 3.8) is 0 Å². The maximum atomic E-state index is 13.2. The quantitative estimate of drug-likeness (QED) is 0.786. The highest BCUT2D eigenvalue weighted by Gasteiger charge is 2.34. The first-order chi connectivity index (χ1) is 15.3. The highest BCUT2D eigenvalue weighted by Crippen LogP contribution is 2.37. The molecule has 0 aliphatic carbocycles. The number of benzene rings is 1. The molecule has 3 aliphatic heterocycles. The molecule has 1 aromatic heterocycles. The predicted molar refractivity (Wildman–Crippen MR) is 117 cm³/mol. The fourth-order valence-corrected chi connectivity index (χ4v) is 4.94. The summed E-state index contributed by atoms with van der Waals surface area (Å²) in [6.07, 6.45) is 4.93. The van der Waals surface area contributed by atoms with Gasteiger partial charge in [0, 0.05) is 19.0 Å². The van der Waals surface area contributed by atoms with Crippen molar-refractivity contribution in [3.8, 4) is 11.5 Å². The number of H-pyrrole nitrogens is 1. The van der Waals surface area contributed by atoms with Gasteiger partial charge < -0.3 is 19.3 Å². The molecule has 5 rings (SSSR count). The van der Waals surface area contributed by atoms with Crippen molar-refractivity contribution < 1.29 is 24.2 Å². The fourth-order valence-electron chi connectivity index (χ4n) is 4.94. The number of carbonyl (C=O) groups excluding carboxylic acids is 1. The number of fused-ring (bicyclic) bond motifs is 1. The van der Waals surface area contributed by atoms with Crippen molar-refractivity contribution >= 4 is 11.7 Å². The summed E-state index contributed by atoms with van der Waals surface area (Å²) in [5, 5.41) is 0. The Morgan fingerprint density at radius 3 is 2.68 bits per heavy atom. The van der Waals surface area contributed by atoms with Gasteiger partial charge in [0.25, 0.3) is 11.7 Å². The van der Waals surface area contributed by atoms with Gasteiger partial charge in [-0.15, -0.1) is 0 Å². The minimum Gasteiger partial charge on any atom is -0.490 e. The van der Waals surface area contributed by atoms with E-state index in [1.165, 1.54) is 4.90 Å². The van der Waals surface area contributed by atoms with Gasteiger partial charge >= 0.3 is 0 Å². The van der Waals surface area contributed by atoms with Crippen molar-refractivity contribution in [2.75, 3.05) is 57.4 Å². The second-order valence-electron chi connectivity index (χ2n) is 8.66. The van der Waals surface area contributed by atoms with Gasteiger partial charge in [-0.3, -0.25) is 9.69 Å². The van der Waals surface area contributed by atoms with E-state index in [1.807, 2.05) is 18.3 Å². The number of rotatable bonds is 4. The number of pyridine rings is 1. The first kappa shape index (κ1) is 20.1. The van der Waals surface area contributed by atoms with Crippen LogP contribution < -0.4 is 24.3 Å².